The lowest BCUT2D eigenvalue weighted by atomic mass is 9.77. The van der Waals surface area contributed by atoms with E-state index in [4.69, 9.17) is 4.74 Å². The van der Waals surface area contributed by atoms with Gasteiger partial charge in [-0.2, -0.15) is 0 Å². The number of ketones is 2. The number of carbonyl (C=O) groups is 2. The predicted molar refractivity (Wildman–Crippen MR) is 160 cm³/mol. The summed E-state index contributed by atoms with van der Waals surface area (Å²) in [5.41, 5.74) is 5.02. The maximum Gasteiger partial charge on any atom is 0.189 e. The normalized spacial score (nSPS) is 17.7. The van der Waals surface area contributed by atoms with Crippen molar-refractivity contribution in [3.8, 4) is 5.75 Å². The van der Waals surface area contributed by atoms with E-state index in [1.54, 1.807) is 0 Å². The molecule has 0 N–H and O–H groups in total. The third-order valence-electron chi connectivity index (χ3n) is 8.70. The van der Waals surface area contributed by atoms with Gasteiger partial charge in [0.15, 0.2) is 11.6 Å². The summed E-state index contributed by atoms with van der Waals surface area (Å²) in [5, 5.41) is 0. The molecule has 3 heteroatoms. The van der Waals surface area contributed by atoms with Gasteiger partial charge in [-0.25, -0.2) is 0 Å². The molecule has 0 spiro atoms. The molecule has 0 fully saturated rings. The molecule has 0 saturated heterocycles. The van der Waals surface area contributed by atoms with Crippen LogP contribution in [0.1, 0.15) is 99.9 Å². The molecule has 204 valence electrons. The first kappa shape index (κ1) is 28.5. The Balaban J connectivity index is 1.35. The number of hydrogen-bond acceptors (Lipinski definition) is 3. The van der Waals surface area contributed by atoms with Crippen molar-refractivity contribution in [3.63, 3.8) is 0 Å². The Morgan fingerprint density at radius 2 is 1.46 bits per heavy atom. The first-order valence-electron chi connectivity index (χ1n) is 14.3. The van der Waals surface area contributed by atoms with Crippen LogP contribution >= 0.6 is 0 Å². The number of benzene rings is 2. The van der Waals surface area contributed by atoms with Gasteiger partial charge in [0, 0.05) is 29.0 Å². The fourth-order valence-electron chi connectivity index (χ4n) is 4.93. The van der Waals surface area contributed by atoms with E-state index in [-0.39, 0.29) is 28.3 Å². The van der Waals surface area contributed by atoms with Crippen LogP contribution in [0.2, 0.25) is 0 Å². The third kappa shape index (κ3) is 6.58. The van der Waals surface area contributed by atoms with Gasteiger partial charge < -0.3 is 4.74 Å². The van der Waals surface area contributed by atoms with E-state index in [2.05, 4.69) is 71.9 Å². The number of carbonyl (C=O) groups excluding carboxylic acids is 2. The Kier molecular flexibility index (Phi) is 8.59. The van der Waals surface area contributed by atoms with Crippen molar-refractivity contribution in [2.45, 2.75) is 79.1 Å². The van der Waals surface area contributed by atoms with Crippen LogP contribution in [-0.2, 0) is 5.41 Å². The van der Waals surface area contributed by atoms with E-state index in [1.807, 2.05) is 48.6 Å². The summed E-state index contributed by atoms with van der Waals surface area (Å²) >= 11 is 0. The number of allylic oxidation sites excluding steroid dienone is 8. The third-order valence-corrected chi connectivity index (χ3v) is 8.70. The lowest BCUT2D eigenvalue weighted by Gasteiger charge is -2.27. The number of Topliss-reactive ketones (excluding diaryl/α,β-unsaturated/α-hetero) is 2. The zero-order chi connectivity index (χ0) is 28.2. The van der Waals surface area contributed by atoms with Crippen molar-refractivity contribution in [2.24, 2.45) is 11.3 Å². The molecule has 1 atom stereocenters. The van der Waals surface area contributed by atoms with Crippen LogP contribution in [-0.4, -0.2) is 11.6 Å². The highest BCUT2D eigenvalue weighted by atomic mass is 16.5. The molecule has 0 saturated carbocycles. The average molecular weight is 523 g/mol. The molecule has 0 bridgehead atoms. The first-order valence-corrected chi connectivity index (χ1v) is 14.3. The van der Waals surface area contributed by atoms with Gasteiger partial charge in [-0.15, -0.1) is 0 Å². The minimum absolute atomic E-state index is 0.0750. The topological polar surface area (TPSA) is 43.4 Å². The summed E-state index contributed by atoms with van der Waals surface area (Å²) in [5.74, 6) is 1.60. The van der Waals surface area contributed by atoms with Crippen LogP contribution in [0.5, 0.6) is 5.75 Å². The molecule has 3 nitrogen and oxygen atoms in total. The van der Waals surface area contributed by atoms with Crippen molar-refractivity contribution in [1.29, 1.82) is 0 Å². The van der Waals surface area contributed by atoms with Crippen molar-refractivity contribution in [1.82, 2.24) is 0 Å². The van der Waals surface area contributed by atoms with Crippen LogP contribution in [0.3, 0.4) is 0 Å². The van der Waals surface area contributed by atoms with Crippen molar-refractivity contribution in [2.75, 3.05) is 0 Å². The van der Waals surface area contributed by atoms with Crippen LogP contribution in [0.25, 0.3) is 0 Å². The maximum absolute atomic E-state index is 13.1. The predicted octanol–water partition coefficient (Wildman–Crippen LogP) is 9.36. The molecule has 2 aromatic rings. The Hall–Kier alpha value is -3.46. The van der Waals surface area contributed by atoms with Gasteiger partial charge in [0.05, 0.1) is 0 Å². The van der Waals surface area contributed by atoms with Crippen LogP contribution in [0, 0.1) is 11.3 Å². The Bertz CT molecular complexity index is 1330. The minimum Gasteiger partial charge on any atom is -0.462 e. The monoisotopic (exact) mass is 522 g/mol. The summed E-state index contributed by atoms with van der Waals surface area (Å²) in [4.78, 5) is 26.1. The van der Waals surface area contributed by atoms with Gasteiger partial charge in [-0.05, 0) is 78.0 Å². The quantitative estimate of drug-likeness (QED) is 0.292. The molecule has 0 aromatic heterocycles. The van der Waals surface area contributed by atoms with Gasteiger partial charge in [0.1, 0.15) is 11.5 Å². The van der Waals surface area contributed by atoms with Crippen molar-refractivity contribution in [3.05, 3.63) is 113 Å². The summed E-state index contributed by atoms with van der Waals surface area (Å²) in [6.45, 7) is 13.3. The zero-order valence-electron chi connectivity index (χ0n) is 24.3. The lowest BCUT2D eigenvalue weighted by Crippen LogP contribution is -2.18. The standard InChI is InChI=1S/C36H42O3/c1-7-35(3,4)29-17-9-25(10-18-29)33(37)27-13-21-31(22-14-27)39-32-23-15-28(16-24-32)34(38)26-11-19-30(20-12-26)36(5,6)8-2/h9-11,13,15-21,23-24,26H,7-8,12,14,22H2,1-6H3. The summed E-state index contributed by atoms with van der Waals surface area (Å²) in [6.07, 6.45) is 14.3. The molecule has 0 amide bonds. The highest BCUT2D eigenvalue weighted by molar-refractivity contribution is 6.09. The molecule has 39 heavy (non-hydrogen) atoms. The van der Waals surface area contributed by atoms with Gasteiger partial charge >= 0.3 is 0 Å². The van der Waals surface area contributed by atoms with Gasteiger partial charge in [0.25, 0.3) is 0 Å². The summed E-state index contributed by atoms with van der Waals surface area (Å²) in [6, 6.07) is 15.4. The largest absolute Gasteiger partial charge is 0.462 e. The van der Waals surface area contributed by atoms with Gasteiger partial charge in [-0.1, -0.05) is 90.1 Å². The zero-order valence-corrected chi connectivity index (χ0v) is 24.3. The molecule has 4 rings (SSSR count). The average Bonchev–Trinajstić information content (AvgIpc) is 2.97. The second kappa shape index (κ2) is 11.7. The SMILES string of the molecule is CCC(C)(C)C1=CCC(C(=O)c2ccc(OC3=CC=C(C(=O)c4ccc(C(C)(C)CC)cc4)CC3)cc2)C=C1. The number of ether oxygens (including phenoxy) is 1. The second-order valence-electron chi connectivity index (χ2n) is 12.1. The van der Waals surface area contributed by atoms with E-state index >= 15 is 0 Å². The smallest absolute Gasteiger partial charge is 0.189 e. The molecule has 2 aliphatic carbocycles. The molecule has 0 aliphatic heterocycles. The van der Waals surface area contributed by atoms with Gasteiger partial charge in [0.2, 0.25) is 0 Å². The second-order valence-corrected chi connectivity index (χ2v) is 12.1. The highest BCUT2D eigenvalue weighted by Gasteiger charge is 2.25. The van der Waals surface area contributed by atoms with Crippen LogP contribution < -0.4 is 4.74 Å². The molecule has 2 aliphatic rings. The maximum atomic E-state index is 13.1. The molecular weight excluding hydrogens is 480 g/mol. The van der Waals surface area contributed by atoms with E-state index in [0.717, 1.165) is 36.2 Å². The van der Waals surface area contributed by atoms with Crippen LogP contribution in [0.15, 0.2) is 95.8 Å². The van der Waals surface area contributed by atoms with Crippen molar-refractivity contribution < 1.29 is 14.3 Å². The number of hydrogen-bond donors (Lipinski definition) is 0. The van der Waals surface area contributed by atoms with E-state index in [0.29, 0.717) is 24.2 Å². The summed E-state index contributed by atoms with van der Waals surface area (Å²) in [7, 11) is 0. The van der Waals surface area contributed by atoms with E-state index in [1.165, 1.54) is 11.1 Å². The lowest BCUT2D eigenvalue weighted by molar-refractivity contribution is 0.0944. The molecule has 1 unspecified atom stereocenters. The fraction of sp³-hybridized carbons (Fsp3) is 0.389. The fourth-order valence-corrected chi connectivity index (χ4v) is 4.93. The first-order chi connectivity index (χ1) is 18.5. The van der Waals surface area contributed by atoms with Gasteiger partial charge in [-0.3, -0.25) is 9.59 Å². The molecule has 0 heterocycles. The molecule has 0 radical (unpaired) electrons. The summed E-state index contributed by atoms with van der Waals surface area (Å²) < 4.78 is 6.07. The Morgan fingerprint density at radius 1 is 0.821 bits per heavy atom. The number of rotatable bonds is 10. The molecular formula is C36H42O3. The van der Waals surface area contributed by atoms with Crippen molar-refractivity contribution >= 4 is 11.6 Å². The highest BCUT2D eigenvalue weighted by Crippen LogP contribution is 2.35. The molecule has 2 aromatic carbocycles. The van der Waals surface area contributed by atoms with Crippen LogP contribution in [0.4, 0.5) is 0 Å². The van der Waals surface area contributed by atoms with E-state index < -0.39 is 0 Å². The Morgan fingerprint density at radius 3 is 2.00 bits per heavy atom. The Labute approximate surface area is 234 Å². The minimum atomic E-state index is -0.121. The van der Waals surface area contributed by atoms with E-state index in [9.17, 15) is 9.59 Å².